The summed E-state index contributed by atoms with van der Waals surface area (Å²) in [7, 11) is 0. The molecule has 0 amide bonds. The summed E-state index contributed by atoms with van der Waals surface area (Å²) in [5.74, 6) is 0.575. The molecule has 3 atom stereocenters. The molecule has 1 heterocycles. The van der Waals surface area contributed by atoms with Crippen LogP contribution in [0.4, 0.5) is 0 Å². The molecular weight excluding hydrogens is 256 g/mol. The number of carboxylic acids is 1. The Morgan fingerprint density at radius 3 is 2.85 bits per heavy atom. The molecular formula is C15H22N2O3. The van der Waals surface area contributed by atoms with E-state index in [1.54, 1.807) is 0 Å². The highest BCUT2D eigenvalue weighted by molar-refractivity contribution is 5.85. The third-order valence-electron chi connectivity index (χ3n) is 4.07. The van der Waals surface area contributed by atoms with Crippen molar-refractivity contribution in [2.75, 3.05) is 0 Å². The lowest BCUT2D eigenvalue weighted by atomic mass is 9.75. The monoisotopic (exact) mass is 278 g/mol. The fourth-order valence-electron chi connectivity index (χ4n) is 2.90. The Kier molecular flexibility index (Phi) is 4.57. The van der Waals surface area contributed by atoms with Crippen molar-refractivity contribution in [2.24, 2.45) is 17.8 Å². The standard InChI is InChI=1S/C15H22N2O3/c1-9(2)11-5-4-10(3)8-13(11)20-15-16-7-6-12(17-15)14(18)19/h6-7,9-11,13H,4-5,8H2,1-3H3,(H,18,19). The first-order valence-corrected chi connectivity index (χ1v) is 7.20. The van der Waals surface area contributed by atoms with Gasteiger partial charge in [0.05, 0.1) is 0 Å². The summed E-state index contributed by atoms with van der Waals surface area (Å²) in [5, 5.41) is 8.95. The first-order valence-electron chi connectivity index (χ1n) is 7.20. The van der Waals surface area contributed by atoms with E-state index < -0.39 is 5.97 Å². The number of aromatic nitrogens is 2. The number of ether oxygens (including phenoxy) is 1. The number of rotatable bonds is 4. The van der Waals surface area contributed by atoms with Gasteiger partial charge in [0, 0.05) is 6.20 Å². The second-order valence-corrected chi connectivity index (χ2v) is 6.01. The Morgan fingerprint density at radius 1 is 1.45 bits per heavy atom. The maximum absolute atomic E-state index is 10.9. The van der Waals surface area contributed by atoms with E-state index >= 15 is 0 Å². The molecule has 5 heteroatoms. The molecule has 0 spiro atoms. The number of carbonyl (C=O) groups is 1. The lowest BCUT2D eigenvalue weighted by Crippen LogP contribution is -2.36. The van der Waals surface area contributed by atoms with Crippen molar-refractivity contribution in [1.29, 1.82) is 0 Å². The molecule has 1 aromatic rings. The van der Waals surface area contributed by atoms with Gasteiger partial charge in [-0.15, -0.1) is 0 Å². The van der Waals surface area contributed by atoms with Crippen molar-refractivity contribution in [1.82, 2.24) is 9.97 Å². The predicted molar refractivity (Wildman–Crippen MR) is 74.8 cm³/mol. The van der Waals surface area contributed by atoms with Crippen LogP contribution in [0.2, 0.25) is 0 Å². The molecule has 110 valence electrons. The summed E-state index contributed by atoms with van der Waals surface area (Å²) in [5.41, 5.74) is -0.0278. The van der Waals surface area contributed by atoms with E-state index in [2.05, 4.69) is 30.7 Å². The van der Waals surface area contributed by atoms with Crippen LogP contribution in [0.25, 0.3) is 0 Å². The Hall–Kier alpha value is -1.65. The van der Waals surface area contributed by atoms with Gasteiger partial charge >= 0.3 is 12.0 Å². The number of nitrogens with zero attached hydrogens (tertiary/aromatic N) is 2. The van der Waals surface area contributed by atoms with Crippen LogP contribution in [0, 0.1) is 17.8 Å². The highest BCUT2D eigenvalue weighted by atomic mass is 16.5. The van der Waals surface area contributed by atoms with Crippen molar-refractivity contribution in [2.45, 2.75) is 46.1 Å². The molecule has 20 heavy (non-hydrogen) atoms. The van der Waals surface area contributed by atoms with Gasteiger partial charge < -0.3 is 9.84 Å². The van der Waals surface area contributed by atoms with Gasteiger partial charge in [0.15, 0.2) is 5.69 Å². The predicted octanol–water partition coefficient (Wildman–Crippen LogP) is 3.01. The molecule has 1 aromatic heterocycles. The number of carboxylic acid groups (broad SMARTS) is 1. The van der Waals surface area contributed by atoms with Gasteiger partial charge in [-0.05, 0) is 36.7 Å². The van der Waals surface area contributed by atoms with Gasteiger partial charge in [0.2, 0.25) is 0 Å². The fourth-order valence-corrected chi connectivity index (χ4v) is 2.90. The Bertz CT molecular complexity index is 476. The first kappa shape index (κ1) is 14.8. The maximum Gasteiger partial charge on any atom is 0.354 e. The molecule has 0 bridgehead atoms. The third kappa shape index (κ3) is 3.46. The second-order valence-electron chi connectivity index (χ2n) is 6.01. The van der Waals surface area contributed by atoms with E-state index in [1.165, 1.54) is 18.7 Å². The van der Waals surface area contributed by atoms with Crippen LogP contribution in [-0.4, -0.2) is 27.1 Å². The van der Waals surface area contributed by atoms with E-state index in [0.717, 1.165) is 12.8 Å². The van der Waals surface area contributed by atoms with Crippen LogP contribution in [0.3, 0.4) is 0 Å². The minimum atomic E-state index is -1.06. The minimum Gasteiger partial charge on any atom is -0.477 e. The quantitative estimate of drug-likeness (QED) is 0.916. The molecule has 0 aromatic carbocycles. The first-order chi connectivity index (χ1) is 9.47. The molecule has 5 nitrogen and oxygen atoms in total. The SMILES string of the molecule is CC1CCC(C(C)C)C(Oc2nccc(C(=O)O)n2)C1. The van der Waals surface area contributed by atoms with Gasteiger partial charge in [-0.1, -0.05) is 27.2 Å². The van der Waals surface area contributed by atoms with Gasteiger partial charge in [-0.3, -0.25) is 0 Å². The molecule has 1 aliphatic rings. The highest BCUT2D eigenvalue weighted by Gasteiger charge is 2.32. The zero-order valence-corrected chi connectivity index (χ0v) is 12.2. The molecule has 2 rings (SSSR count). The minimum absolute atomic E-state index is 0.0278. The average Bonchev–Trinajstić information content (AvgIpc) is 2.38. The Morgan fingerprint density at radius 2 is 2.20 bits per heavy atom. The Balaban J connectivity index is 2.13. The summed E-state index contributed by atoms with van der Waals surface area (Å²) in [6.07, 6.45) is 4.84. The van der Waals surface area contributed by atoms with Gasteiger partial charge in [-0.25, -0.2) is 9.78 Å². The lowest BCUT2D eigenvalue weighted by Gasteiger charge is -2.36. The summed E-state index contributed by atoms with van der Waals surface area (Å²) in [6, 6.07) is 1.55. The topological polar surface area (TPSA) is 72.3 Å². The van der Waals surface area contributed by atoms with Crippen LogP contribution in [0.15, 0.2) is 12.3 Å². The largest absolute Gasteiger partial charge is 0.477 e. The van der Waals surface area contributed by atoms with Crippen LogP contribution < -0.4 is 4.74 Å². The number of hydrogen-bond acceptors (Lipinski definition) is 4. The van der Waals surface area contributed by atoms with Crippen molar-refractivity contribution in [3.63, 3.8) is 0 Å². The van der Waals surface area contributed by atoms with Crippen LogP contribution in [0.5, 0.6) is 6.01 Å². The summed E-state index contributed by atoms with van der Waals surface area (Å²) in [6.45, 7) is 6.62. The van der Waals surface area contributed by atoms with Crippen LogP contribution >= 0.6 is 0 Å². The molecule has 1 saturated carbocycles. The summed E-state index contributed by atoms with van der Waals surface area (Å²) in [4.78, 5) is 18.9. The molecule has 0 radical (unpaired) electrons. The zero-order valence-electron chi connectivity index (χ0n) is 12.2. The van der Waals surface area contributed by atoms with Crippen molar-refractivity contribution in [3.05, 3.63) is 18.0 Å². The molecule has 3 unspecified atom stereocenters. The van der Waals surface area contributed by atoms with E-state index in [-0.39, 0.29) is 17.8 Å². The highest BCUT2D eigenvalue weighted by Crippen LogP contribution is 2.35. The number of hydrogen-bond donors (Lipinski definition) is 1. The van der Waals surface area contributed by atoms with Gasteiger partial charge in [0.25, 0.3) is 0 Å². The van der Waals surface area contributed by atoms with Gasteiger partial charge in [0.1, 0.15) is 6.10 Å². The molecule has 1 aliphatic carbocycles. The van der Waals surface area contributed by atoms with Crippen molar-refractivity contribution < 1.29 is 14.6 Å². The molecule has 0 aliphatic heterocycles. The third-order valence-corrected chi connectivity index (χ3v) is 4.07. The molecule has 0 saturated heterocycles. The smallest absolute Gasteiger partial charge is 0.354 e. The number of aromatic carboxylic acids is 1. The van der Waals surface area contributed by atoms with Crippen molar-refractivity contribution >= 4 is 5.97 Å². The van der Waals surface area contributed by atoms with E-state index in [0.29, 0.717) is 17.8 Å². The summed E-state index contributed by atoms with van der Waals surface area (Å²) < 4.78 is 5.90. The van der Waals surface area contributed by atoms with E-state index in [9.17, 15) is 4.79 Å². The zero-order chi connectivity index (χ0) is 14.7. The van der Waals surface area contributed by atoms with Crippen LogP contribution in [-0.2, 0) is 0 Å². The molecule has 1 fully saturated rings. The normalized spacial score (nSPS) is 26.5. The van der Waals surface area contributed by atoms with Crippen LogP contribution in [0.1, 0.15) is 50.5 Å². The van der Waals surface area contributed by atoms with Gasteiger partial charge in [-0.2, -0.15) is 4.98 Å². The molecule has 1 N–H and O–H groups in total. The van der Waals surface area contributed by atoms with E-state index in [1.807, 2.05) is 0 Å². The fraction of sp³-hybridized carbons (Fsp3) is 0.667. The van der Waals surface area contributed by atoms with E-state index in [4.69, 9.17) is 9.84 Å². The summed E-state index contributed by atoms with van der Waals surface area (Å²) >= 11 is 0. The lowest BCUT2D eigenvalue weighted by molar-refractivity contribution is 0.0383. The maximum atomic E-state index is 10.9. The Labute approximate surface area is 119 Å². The second kappa shape index (κ2) is 6.20. The average molecular weight is 278 g/mol. The van der Waals surface area contributed by atoms with Crippen molar-refractivity contribution in [3.8, 4) is 6.01 Å².